The van der Waals surface area contributed by atoms with Crippen LogP contribution in [0.15, 0.2) is 48.5 Å². The Morgan fingerprint density at radius 2 is 1.68 bits per heavy atom. The summed E-state index contributed by atoms with van der Waals surface area (Å²) in [4.78, 5) is 0. The van der Waals surface area contributed by atoms with Crippen molar-refractivity contribution in [3.05, 3.63) is 59.7 Å². The van der Waals surface area contributed by atoms with Crippen LogP contribution in [0.1, 0.15) is 11.1 Å². The zero-order valence-electron chi connectivity index (χ0n) is 10.7. The third-order valence-electron chi connectivity index (χ3n) is 2.81. The molecule has 0 aromatic heterocycles. The molecule has 2 aromatic rings. The molecule has 0 aliphatic rings. The molecule has 0 saturated heterocycles. The summed E-state index contributed by atoms with van der Waals surface area (Å²) in [5.41, 5.74) is 2.03. The second-order valence-corrected chi connectivity index (χ2v) is 4.19. The van der Waals surface area contributed by atoms with E-state index in [1.54, 1.807) is 31.4 Å². The molecule has 0 atom stereocenters. The van der Waals surface area contributed by atoms with Crippen molar-refractivity contribution in [3.8, 4) is 17.2 Å². The number of hydrogen-bond donors (Lipinski definition) is 2. The smallest absolute Gasteiger partial charge is 0.126 e. The second kappa shape index (κ2) is 5.96. The minimum absolute atomic E-state index is 0.197. The molecule has 0 aliphatic heterocycles. The van der Waals surface area contributed by atoms with Gasteiger partial charge in [0.25, 0.3) is 0 Å². The maximum Gasteiger partial charge on any atom is 0.126 e. The molecule has 0 saturated carbocycles. The highest BCUT2D eigenvalue weighted by Crippen LogP contribution is 2.24. The van der Waals surface area contributed by atoms with Gasteiger partial charge in [-0.15, -0.1) is 0 Å². The fourth-order valence-corrected chi connectivity index (χ4v) is 1.81. The van der Waals surface area contributed by atoms with Crippen LogP contribution < -0.4 is 4.74 Å². The summed E-state index contributed by atoms with van der Waals surface area (Å²) in [7, 11) is 1.59. The van der Waals surface area contributed by atoms with Crippen LogP contribution in [0.25, 0.3) is 6.08 Å². The van der Waals surface area contributed by atoms with E-state index in [9.17, 15) is 10.2 Å². The normalized spacial score (nSPS) is 10.8. The van der Waals surface area contributed by atoms with Gasteiger partial charge in [0.15, 0.2) is 0 Å². The summed E-state index contributed by atoms with van der Waals surface area (Å²) in [6.07, 6.45) is 4.71. The van der Waals surface area contributed by atoms with Gasteiger partial charge in [-0.2, -0.15) is 0 Å². The average molecular weight is 256 g/mol. The van der Waals surface area contributed by atoms with Crippen LogP contribution in [0.2, 0.25) is 0 Å². The van der Waals surface area contributed by atoms with Crippen LogP contribution in [-0.2, 0) is 6.42 Å². The third-order valence-corrected chi connectivity index (χ3v) is 2.81. The number of hydrogen-bond acceptors (Lipinski definition) is 3. The molecule has 0 heterocycles. The summed E-state index contributed by atoms with van der Waals surface area (Å²) in [6, 6.07) is 12.1. The molecule has 0 fully saturated rings. The summed E-state index contributed by atoms with van der Waals surface area (Å²) >= 11 is 0. The van der Waals surface area contributed by atoms with E-state index in [0.717, 1.165) is 11.1 Å². The molecule has 3 heteroatoms. The highest BCUT2D eigenvalue weighted by Gasteiger charge is 2.01. The number of phenols is 2. The lowest BCUT2D eigenvalue weighted by molar-refractivity contribution is 0.403. The number of allylic oxidation sites excluding steroid dienone is 1. The number of benzene rings is 2. The lowest BCUT2D eigenvalue weighted by Gasteiger charge is -2.06. The fraction of sp³-hybridized carbons (Fsp3) is 0.125. The van der Waals surface area contributed by atoms with Crippen LogP contribution >= 0.6 is 0 Å². The first kappa shape index (κ1) is 13.0. The topological polar surface area (TPSA) is 49.7 Å². The Balaban J connectivity index is 2.08. The zero-order valence-corrected chi connectivity index (χ0v) is 10.7. The van der Waals surface area contributed by atoms with E-state index in [1.807, 2.05) is 30.4 Å². The largest absolute Gasteiger partial charge is 0.508 e. The van der Waals surface area contributed by atoms with Gasteiger partial charge < -0.3 is 14.9 Å². The van der Waals surface area contributed by atoms with Gasteiger partial charge in [-0.05, 0) is 35.7 Å². The second-order valence-electron chi connectivity index (χ2n) is 4.19. The average Bonchev–Trinajstić information content (AvgIpc) is 2.42. The van der Waals surface area contributed by atoms with Crippen molar-refractivity contribution in [1.82, 2.24) is 0 Å². The Morgan fingerprint density at radius 3 is 2.37 bits per heavy atom. The molecule has 2 N–H and O–H groups in total. The predicted octanol–water partition coefficient (Wildman–Crippen LogP) is 3.36. The standard InChI is InChI=1S/C16H16O3/c1-19-16-11-15(18)10-7-13(16)4-2-3-12-5-8-14(17)9-6-12/h2-3,5-11,17-18H,4H2,1H3/b3-2+. The summed E-state index contributed by atoms with van der Waals surface area (Å²) in [6.45, 7) is 0. The highest BCUT2D eigenvalue weighted by atomic mass is 16.5. The van der Waals surface area contributed by atoms with E-state index in [2.05, 4.69) is 0 Å². The van der Waals surface area contributed by atoms with E-state index < -0.39 is 0 Å². The minimum atomic E-state index is 0.197. The molecular formula is C16H16O3. The van der Waals surface area contributed by atoms with Gasteiger partial charge in [-0.1, -0.05) is 30.4 Å². The van der Waals surface area contributed by atoms with E-state index in [1.165, 1.54) is 0 Å². The van der Waals surface area contributed by atoms with Crippen LogP contribution in [-0.4, -0.2) is 17.3 Å². The molecule has 19 heavy (non-hydrogen) atoms. The summed E-state index contributed by atoms with van der Waals surface area (Å²) in [5, 5.41) is 18.6. The first-order chi connectivity index (χ1) is 9.19. The molecule has 0 aliphatic carbocycles. The Kier molecular flexibility index (Phi) is 4.08. The van der Waals surface area contributed by atoms with Gasteiger partial charge in [-0.25, -0.2) is 0 Å². The molecule has 98 valence electrons. The lowest BCUT2D eigenvalue weighted by atomic mass is 10.1. The van der Waals surface area contributed by atoms with E-state index >= 15 is 0 Å². The molecule has 0 bridgehead atoms. The highest BCUT2D eigenvalue weighted by molar-refractivity contribution is 5.51. The van der Waals surface area contributed by atoms with Crippen molar-refractivity contribution in [3.63, 3.8) is 0 Å². The molecule has 2 aromatic carbocycles. The van der Waals surface area contributed by atoms with Crippen LogP contribution in [0.3, 0.4) is 0 Å². The van der Waals surface area contributed by atoms with E-state index in [-0.39, 0.29) is 11.5 Å². The fourth-order valence-electron chi connectivity index (χ4n) is 1.81. The maximum absolute atomic E-state index is 9.38. The number of phenolic OH excluding ortho intramolecular Hbond substituents is 2. The number of aromatic hydroxyl groups is 2. The lowest BCUT2D eigenvalue weighted by Crippen LogP contribution is -1.90. The number of ether oxygens (including phenoxy) is 1. The van der Waals surface area contributed by atoms with Crippen molar-refractivity contribution >= 4 is 6.08 Å². The number of rotatable bonds is 4. The first-order valence-corrected chi connectivity index (χ1v) is 6.00. The maximum atomic E-state index is 9.38. The van der Waals surface area contributed by atoms with Crippen molar-refractivity contribution < 1.29 is 14.9 Å². The van der Waals surface area contributed by atoms with Crippen LogP contribution in [0.4, 0.5) is 0 Å². The predicted molar refractivity (Wildman–Crippen MR) is 75.5 cm³/mol. The minimum Gasteiger partial charge on any atom is -0.508 e. The summed E-state index contributed by atoms with van der Waals surface area (Å²) in [5.74, 6) is 1.14. The molecule has 0 amide bonds. The van der Waals surface area contributed by atoms with Gasteiger partial charge in [0.2, 0.25) is 0 Å². The Hall–Kier alpha value is -2.42. The van der Waals surface area contributed by atoms with E-state index in [4.69, 9.17) is 4.74 Å². The SMILES string of the molecule is COc1cc(O)ccc1C/C=C/c1ccc(O)cc1. The Labute approximate surface area is 112 Å². The van der Waals surface area contributed by atoms with Gasteiger partial charge in [0.05, 0.1) is 7.11 Å². The van der Waals surface area contributed by atoms with Crippen molar-refractivity contribution in [2.24, 2.45) is 0 Å². The third kappa shape index (κ3) is 3.52. The van der Waals surface area contributed by atoms with Gasteiger partial charge >= 0.3 is 0 Å². The van der Waals surface area contributed by atoms with Gasteiger partial charge in [-0.3, -0.25) is 0 Å². The Bertz CT molecular complexity index is 571. The van der Waals surface area contributed by atoms with E-state index in [0.29, 0.717) is 12.2 Å². The summed E-state index contributed by atoms with van der Waals surface area (Å²) < 4.78 is 5.22. The molecule has 0 unspecified atom stereocenters. The number of methoxy groups -OCH3 is 1. The molecule has 2 rings (SSSR count). The Morgan fingerprint density at radius 1 is 1.00 bits per heavy atom. The molecule has 0 radical (unpaired) electrons. The van der Waals surface area contributed by atoms with Gasteiger partial charge in [0.1, 0.15) is 17.2 Å². The van der Waals surface area contributed by atoms with Crippen LogP contribution in [0, 0.1) is 0 Å². The molecular weight excluding hydrogens is 240 g/mol. The molecule has 3 nitrogen and oxygen atoms in total. The monoisotopic (exact) mass is 256 g/mol. The molecule has 0 spiro atoms. The van der Waals surface area contributed by atoms with Gasteiger partial charge in [0, 0.05) is 6.07 Å². The van der Waals surface area contributed by atoms with Crippen molar-refractivity contribution in [2.75, 3.05) is 7.11 Å². The quantitative estimate of drug-likeness (QED) is 0.881. The van der Waals surface area contributed by atoms with Crippen LogP contribution in [0.5, 0.6) is 17.2 Å². The van der Waals surface area contributed by atoms with Crippen molar-refractivity contribution in [1.29, 1.82) is 0 Å². The van der Waals surface area contributed by atoms with Crippen molar-refractivity contribution in [2.45, 2.75) is 6.42 Å². The first-order valence-electron chi connectivity index (χ1n) is 6.00. The zero-order chi connectivity index (χ0) is 13.7.